The smallest absolute Gasteiger partial charge is 0.419 e. The summed E-state index contributed by atoms with van der Waals surface area (Å²) in [5.41, 5.74) is -0.646. The van der Waals surface area contributed by atoms with E-state index in [1.807, 2.05) is 13.8 Å². The molecule has 1 aromatic rings. The number of alkyl halides is 3. The van der Waals surface area contributed by atoms with E-state index in [0.29, 0.717) is 5.56 Å². The third-order valence-corrected chi connectivity index (χ3v) is 4.24. The van der Waals surface area contributed by atoms with Crippen molar-refractivity contribution >= 4 is 0 Å². The predicted molar refractivity (Wildman–Crippen MR) is 65.2 cm³/mol. The van der Waals surface area contributed by atoms with E-state index in [-0.39, 0.29) is 17.8 Å². The summed E-state index contributed by atoms with van der Waals surface area (Å²) >= 11 is 0. The van der Waals surface area contributed by atoms with Gasteiger partial charge in [-0.05, 0) is 29.5 Å². The van der Waals surface area contributed by atoms with Gasteiger partial charge in [0.05, 0.1) is 19.3 Å². The summed E-state index contributed by atoms with van der Waals surface area (Å²) in [6.45, 7) is 3.91. The van der Waals surface area contributed by atoms with Crippen LogP contribution < -0.4 is 4.74 Å². The van der Waals surface area contributed by atoms with Gasteiger partial charge in [0.25, 0.3) is 0 Å². The largest absolute Gasteiger partial charge is 0.496 e. The molecule has 0 amide bonds. The number of aliphatic hydroxyl groups excluding tert-OH is 1. The van der Waals surface area contributed by atoms with Crippen molar-refractivity contribution in [3.8, 4) is 5.75 Å². The topological polar surface area (TPSA) is 29.5 Å². The van der Waals surface area contributed by atoms with Crippen LogP contribution in [0.25, 0.3) is 0 Å². The second-order valence-electron chi connectivity index (χ2n) is 5.71. The fourth-order valence-electron chi connectivity index (χ4n) is 2.79. The van der Waals surface area contributed by atoms with Crippen molar-refractivity contribution in [2.45, 2.75) is 31.9 Å². The molecule has 1 aliphatic carbocycles. The van der Waals surface area contributed by atoms with Crippen LogP contribution in [-0.2, 0) is 11.6 Å². The Morgan fingerprint density at radius 2 is 1.89 bits per heavy atom. The number of ether oxygens (including phenoxy) is 1. The van der Waals surface area contributed by atoms with Crippen molar-refractivity contribution in [1.29, 1.82) is 0 Å². The highest BCUT2D eigenvalue weighted by Gasteiger charge is 2.61. The van der Waals surface area contributed by atoms with Gasteiger partial charge in [-0.25, -0.2) is 0 Å². The molecule has 0 saturated heterocycles. The van der Waals surface area contributed by atoms with Gasteiger partial charge in [-0.1, -0.05) is 19.9 Å². The van der Waals surface area contributed by atoms with E-state index in [0.717, 1.165) is 12.5 Å². The Morgan fingerprint density at radius 3 is 2.26 bits per heavy atom. The monoisotopic (exact) mass is 274 g/mol. The molecule has 5 heteroatoms. The maximum absolute atomic E-state index is 12.8. The van der Waals surface area contributed by atoms with E-state index in [2.05, 4.69) is 0 Å². The predicted octanol–water partition coefficient (Wildman–Crippen LogP) is 3.37. The normalized spacial score (nSPS) is 25.2. The molecule has 1 aliphatic rings. The first-order valence-electron chi connectivity index (χ1n) is 6.04. The second-order valence-corrected chi connectivity index (χ2v) is 5.71. The Kier molecular flexibility index (Phi) is 3.08. The highest BCUT2D eigenvalue weighted by Crippen LogP contribution is 2.64. The number of benzene rings is 1. The molecule has 106 valence electrons. The lowest BCUT2D eigenvalue weighted by atomic mass is 9.88. The van der Waals surface area contributed by atoms with E-state index in [9.17, 15) is 18.3 Å². The molecular formula is C14H17F3O2. The first-order chi connectivity index (χ1) is 8.68. The molecule has 0 aliphatic heterocycles. The third kappa shape index (κ3) is 2.10. The summed E-state index contributed by atoms with van der Waals surface area (Å²) in [6, 6.07) is 3.87. The van der Waals surface area contributed by atoms with Crippen molar-refractivity contribution in [1.82, 2.24) is 0 Å². The van der Waals surface area contributed by atoms with Crippen LogP contribution in [0.1, 0.15) is 31.4 Å². The summed E-state index contributed by atoms with van der Waals surface area (Å²) in [4.78, 5) is 0. The number of hydrogen-bond donors (Lipinski definition) is 1. The molecule has 0 spiro atoms. The summed E-state index contributed by atoms with van der Waals surface area (Å²) in [5.74, 6) is -0.194. The van der Waals surface area contributed by atoms with Gasteiger partial charge < -0.3 is 9.84 Å². The van der Waals surface area contributed by atoms with Crippen LogP contribution in [0.2, 0.25) is 0 Å². The van der Waals surface area contributed by atoms with E-state index in [4.69, 9.17) is 4.74 Å². The maximum atomic E-state index is 12.8. The average molecular weight is 274 g/mol. The minimum Gasteiger partial charge on any atom is -0.496 e. The molecule has 1 N–H and O–H groups in total. The Bertz CT molecular complexity index is 494. The molecule has 1 unspecified atom stereocenters. The van der Waals surface area contributed by atoms with Crippen LogP contribution in [0.3, 0.4) is 0 Å². The molecule has 2 nitrogen and oxygen atoms in total. The lowest BCUT2D eigenvalue weighted by Gasteiger charge is -2.21. The Labute approximate surface area is 110 Å². The SMILES string of the molecule is COc1cc(C2(CO)CC2(C)C)ccc1C(F)(F)F. The zero-order chi connectivity index (χ0) is 14.5. The summed E-state index contributed by atoms with van der Waals surface area (Å²) in [5, 5.41) is 9.58. The van der Waals surface area contributed by atoms with Crippen LogP contribution in [0.5, 0.6) is 5.75 Å². The fourth-order valence-corrected chi connectivity index (χ4v) is 2.79. The lowest BCUT2D eigenvalue weighted by Crippen LogP contribution is -2.20. The van der Waals surface area contributed by atoms with Gasteiger partial charge in [-0.2, -0.15) is 13.2 Å². The van der Waals surface area contributed by atoms with Crippen molar-refractivity contribution in [2.75, 3.05) is 13.7 Å². The van der Waals surface area contributed by atoms with Crippen molar-refractivity contribution in [2.24, 2.45) is 5.41 Å². The van der Waals surface area contributed by atoms with E-state index in [1.165, 1.54) is 19.2 Å². The van der Waals surface area contributed by atoms with Gasteiger partial charge in [0, 0.05) is 5.41 Å². The highest BCUT2D eigenvalue weighted by atomic mass is 19.4. The number of hydrogen-bond acceptors (Lipinski definition) is 2. The summed E-state index contributed by atoms with van der Waals surface area (Å²) < 4.78 is 43.2. The van der Waals surface area contributed by atoms with Gasteiger partial charge in [-0.15, -0.1) is 0 Å². The quantitative estimate of drug-likeness (QED) is 0.915. The van der Waals surface area contributed by atoms with Gasteiger partial charge in [0.2, 0.25) is 0 Å². The molecular weight excluding hydrogens is 257 g/mol. The zero-order valence-corrected chi connectivity index (χ0v) is 11.1. The molecule has 1 atom stereocenters. The minimum atomic E-state index is -4.44. The molecule has 1 aromatic carbocycles. The molecule has 2 rings (SSSR count). The molecule has 0 heterocycles. The standard InChI is InChI=1S/C14H17F3O2/c1-12(2)7-13(12,8-18)9-4-5-10(14(15,16)17)11(6-9)19-3/h4-6,18H,7-8H2,1-3H3. The van der Waals surface area contributed by atoms with E-state index >= 15 is 0 Å². The van der Waals surface area contributed by atoms with Gasteiger partial charge in [0.1, 0.15) is 5.75 Å². The third-order valence-electron chi connectivity index (χ3n) is 4.24. The van der Waals surface area contributed by atoms with E-state index < -0.39 is 17.2 Å². The second kappa shape index (κ2) is 4.13. The highest BCUT2D eigenvalue weighted by molar-refractivity contribution is 5.46. The molecule has 1 saturated carbocycles. The first kappa shape index (κ1) is 14.2. The molecule has 0 aromatic heterocycles. The van der Waals surface area contributed by atoms with Crippen LogP contribution >= 0.6 is 0 Å². The lowest BCUT2D eigenvalue weighted by molar-refractivity contribution is -0.138. The van der Waals surface area contributed by atoms with Crippen LogP contribution in [0, 0.1) is 5.41 Å². The Morgan fingerprint density at radius 1 is 1.32 bits per heavy atom. The number of aliphatic hydroxyl groups is 1. The zero-order valence-electron chi connectivity index (χ0n) is 11.1. The number of rotatable bonds is 3. The van der Waals surface area contributed by atoms with Crippen LogP contribution in [0.4, 0.5) is 13.2 Å². The minimum absolute atomic E-state index is 0.0749. The Balaban J connectivity index is 2.47. The number of halogens is 3. The molecule has 19 heavy (non-hydrogen) atoms. The number of methoxy groups -OCH3 is 1. The molecule has 0 bridgehead atoms. The van der Waals surface area contributed by atoms with Crippen molar-refractivity contribution in [3.63, 3.8) is 0 Å². The molecule has 0 radical (unpaired) electrons. The fraction of sp³-hybridized carbons (Fsp3) is 0.571. The average Bonchev–Trinajstić information content (AvgIpc) is 2.91. The van der Waals surface area contributed by atoms with Gasteiger partial charge in [-0.3, -0.25) is 0 Å². The van der Waals surface area contributed by atoms with Crippen molar-refractivity contribution in [3.05, 3.63) is 29.3 Å². The van der Waals surface area contributed by atoms with Gasteiger partial charge in [0.15, 0.2) is 0 Å². The Hall–Kier alpha value is -1.23. The van der Waals surface area contributed by atoms with Gasteiger partial charge >= 0.3 is 6.18 Å². The maximum Gasteiger partial charge on any atom is 0.419 e. The van der Waals surface area contributed by atoms with Crippen molar-refractivity contribution < 1.29 is 23.0 Å². The van der Waals surface area contributed by atoms with E-state index in [1.54, 1.807) is 0 Å². The summed E-state index contributed by atoms with van der Waals surface area (Å²) in [6.07, 6.45) is -3.68. The van der Waals surface area contributed by atoms with Crippen LogP contribution in [-0.4, -0.2) is 18.8 Å². The first-order valence-corrected chi connectivity index (χ1v) is 6.04. The van der Waals surface area contributed by atoms with Crippen LogP contribution in [0.15, 0.2) is 18.2 Å². The molecule has 1 fully saturated rings. The summed E-state index contributed by atoms with van der Waals surface area (Å²) in [7, 11) is 1.22.